The summed E-state index contributed by atoms with van der Waals surface area (Å²) >= 11 is 6.43. The Morgan fingerprint density at radius 3 is 2.59 bits per heavy atom. The Morgan fingerprint density at radius 1 is 1.09 bits per heavy atom. The molecule has 2 aromatic rings. The number of nitrogens with one attached hydrogen (secondary N) is 1. The molecular formula is C24H27ClFN3O3. The van der Waals surface area contributed by atoms with Gasteiger partial charge >= 0.3 is 0 Å². The fraction of sp³-hybridized carbons (Fsp3) is 0.417. The highest BCUT2D eigenvalue weighted by Crippen LogP contribution is 2.31. The van der Waals surface area contributed by atoms with Gasteiger partial charge in [-0.05, 0) is 61.7 Å². The zero-order valence-electron chi connectivity index (χ0n) is 18.0. The van der Waals surface area contributed by atoms with Crippen LogP contribution in [0.25, 0.3) is 0 Å². The minimum absolute atomic E-state index is 0.0376. The summed E-state index contributed by atoms with van der Waals surface area (Å²) in [7, 11) is 0. The molecule has 2 heterocycles. The molecule has 2 aliphatic heterocycles. The quantitative estimate of drug-likeness (QED) is 0.716. The summed E-state index contributed by atoms with van der Waals surface area (Å²) in [5.41, 5.74) is 1.53. The first-order valence-electron chi connectivity index (χ1n) is 11.0. The number of piperidine rings is 1. The topological polar surface area (TPSA) is 61.9 Å². The molecular weight excluding hydrogens is 433 g/mol. The zero-order chi connectivity index (χ0) is 22.7. The molecule has 0 spiro atoms. The van der Waals surface area contributed by atoms with Crippen molar-refractivity contribution >= 4 is 34.8 Å². The first-order valence-corrected chi connectivity index (χ1v) is 11.3. The number of nitrogens with zero attached hydrogens (tertiary/aromatic N) is 2. The highest BCUT2D eigenvalue weighted by Gasteiger charge is 2.30. The average Bonchev–Trinajstić information content (AvgIpc) is 3.24. The van der Waals surface area contributed by atoms with Gasteiger partial charge in [0.25, 0.3) is 0 Å². The minimum Gasteiger partial charge on any atom is -0.487 e. The number of hydrogen-bond donors (Lipinski definition) is 1. The van der Waals surface area contributed by atoms with Crippen LogP contribution in [0.2, 0.25) is 5.02 Å². The van der Waals surface area contributed by atoms with Crippen LogP contribution in [0.15, 0.2) is 42.5 Å². The van der Waals surface area contributed by atoms with Crippen molar-refractivity contribution in [2.24, 2.45) is 0 Å². The smallest absolute Gasteiger partial charge is 0.247 e. The highest BCUT2D eigenvalue weighted by atomic mass is 35.5. The lowest BCUT2D eigenvalue weighted by atomic mass is 10.0. The summed E-state index contributed by atoms with van der Waals surface area (Å²) < 4.78 is 19.2. The monoisotopic (exact) mass is 459 g/mol. The first kappa shape index (κ1) is 22.4. The summed E-state index contributed by atoms with van der Waals surface area (Å²) in [6.07, 6.45) is 3.29. The Bertz CT molecular complexity index is 985. The second kappa shape index (κ2) is 9.77. The Labute approximate surface area is 192 Å². The molecule has 2 atom stereocenters. The van der Waals surface area contributed by atoms with Crippen LogP contribution in [0.4, 0.5) is 15.8 Å². The summed E-state index contributed by atoms with van der Waals surface area (Å²) in [5, 5.41) is 3.29. The number of carbonyl (C=O) groups excluding carboxylic acids is 2. The fourth-order valence-corrected chi connectivity index (χ4v) is 4.60. The molecule has 0 aromatic heterocycles. The van der Waals surface area contributed by atoms with E-state index in [-0.39, 0.29) is 23.7 Å². The van der Waals surface area contributed by atoms with Crippen molar-refractivity contribution in [1.82, 2.24) is 4.90 Å². The van der Waals surface area contributed by atoms with E-state index in [4.69, 9.17) is 16.3 Å². The van der Waals surface area contributed by atoms with Crippen LogP contribution in [0.3, 0.4) is 0 Å². The number of amides is 2. The molecule has 0 radical (unpaired) electrons. The Balaban J connectivity index is 1.35. The third-order valence-electron chi connectivity index (χ3n) is 6.04. The molecule has 2 saturated heterocycles. The Hall–Kier alpha value is -2.80. The summed E-state index contributed by atoms with van der Waals surface area (Å²) in [4.78, 5) is 28.4. The van der Waals surface area contributed by atoms with Crippen molar-refractivity contribution < 1.29 is 18.7 Å². The summed E-state index contributed by atoms with van der Waals surface area (Å²) in [6, 6.07) is 11.2. The van der Waals surface area contributed by atoms with Crippen molar-refractivity contribution in [3.63, 3.8) is 0 Å². The number of carbonyl (C=O) groups is 2. The lowest BCUT2D eigenvalue weighted by Gasteiger charge is -2.33. The number of benzene rings is 2. The van der Waals surface area contributed by atoms with Gasteiger partial charge in [0.05, 0.1) is 11.6 Å². The SMILES string of the molecule is CC(=O)N1CCCC[C@@H]1C(=O)Nc1ccc(O[C@H]2CCN(c3ccc(F)cc3)C2)c(Cl)c1. The van der Waals surface area contributed by atoms with Gasteiger partial charge in [-0.1, -0.05) is 11.6 Å². The zero-order valence-corrected chi connectivity index (χ0v) is 18.8. The molecule has 0 bridgehead atoms. The number of rotatable bonds is 5. The van der Waals surface area contributed by atoms with Crippen molar-refractivity contribution in [3.05, 3.63) is 53.3 Å². The molecule has 32 heavy (non-hydrogen) atoms. The van der Waals surface area contributed by atoms with Gasteiger partial charge in [0.15, 0.2) is 0 Å². The van der Waals surface area contributed by atoms with E-state index in [0.717, 1.165) is 31.5 Å². The van der Waals surface area contributed by atoms with Crippen molar-refractivity contribution in [1.29, 1.82) is 0 Å². The maximum absolute atomic E-state index is 13.2. The number of anilines is 2. The largest absolute Gasteiger partial charge is 0.487 e. The molecule has 0 saturated carbocycles. The standard InChI is InChI=1S/C24H27ClFN3O3/c1-16(30)29-12-3-2-4-22(29)24(31)27-18-7-10-23(21(25)14-18)32-20-11-13-28(15-20)19-8-5-17(26)6-9-19/h5-10,14,20,22H,2-4,11-13,15H2,1H3,(H,27,31)/t20-,22+/m0/s1. The third-order valence-corrected chi connectivity index (χ3v) is 6.34. The maximum Gasteiger partial charge on any atom is 0.247 e. The molecule has 2 fully saturated rings. The van der Waals surface area contributed by atoms with E-state index in [9.17, 15) is 14.0 Å². The molecule has 4 rings (SSSR count). The van der Waals surface area contributed by atoms with E-state index in [2.05, 4.69) is 10.2 Å². The molecule has 2 aromatic carbocycles. The van der Waals surface area contributed by atoms with Crippen molar-refractivity contribution in [2.75, 3.05) is 29.9 Å². The third kappa shape index (κ3) is 5.15. The van der Waals surface area contributed by atoms with Crippen LogP contribution in [0, 0.1) is 5.82 Å². The van der Waals surface area contributed by atoms with Crippen LogP contribution >= 0.6 is 11.6 Å². The normalized spacial score (nSPS) is 20.8. The van der Waals surface area contributed by atoms with E-state index in [1.807, 2.05) is 0 Å². The average molecular weight is 460 g/mol. The van der Waals surface area contributed by atoms with Crippen molar-refractivity contribution in [2.45, 2.75) is 44.8 Å². The lowest BCUT2D eigenvalue weighted by molar-refractivity contribution is -0.138. The fourth-order valence-electron chi connectivity index (χ4n) is 4.37. The van der Waals surface area contributed by atoms with Crippen LogP contribution in [0.1, 0.15) is 32.6 Å². The van der Waals surface area contributed by atoms with E-state index in [0.29, 0.717) is 36.0 Å². The van der Waals surface area contributed by atoms with Gasteiger partial charge in [0, 0.05) is 37.8 Å². The second-order valence-electron chi connectivity index (χ2n) is 8.31. The number of likely N-dealkylation sites (tertiary alicyclic amines) is 1. The molecule has 2 amide bonds. The van der Waals surface area contributed by atoms with E-state index < -0.39 is 6.04 Å². The summed E-state index contributed by atoms with van der Waals surface area (Å²) in [5.74, 6) is 0.0177. The van der Waals surface area contributed by atoms with Gasteiger partial charge in [-0.2, -0.15) is 0 Å². The van der Waals surface area contributed by atoms with Gasteiger partial charge in [-0.15, -0.1) is 0 Å². The number of ether oxygens (including phenoxy) is 1. The Kier molecular flexibility index (Phi) is 6.84. The van der Waals surface area contributed by atoms with Crippen LogP contribution in [-0.2, 0) is 9.59 Å². The first-order chi connectivity index (χ1) is 15.4. The molecule has 1 N–H and O–H groups in total. The minimum atomic E-state index is -0.452. The number of halogens is 2. The molecule has 170 valence electrons. The van der Waals surface area contributed by atoms with Crippen LogP contribution in [-0.4, -0.2) is 48.5 Å². The van der Waals surface area contributed by atoms with E-state index in [1.165, 1.54) is 19.1 Å². The Morgan fingerprint density at radius 2 is 1.88 bits per heavy atom. The van der Waals surface area contributed by atoms with Gasteiger partial charge < -0.3 is 19.9 Å². The van der Waals surface area contributed by atoms with E-state index >= 15 is 0 Å². The van der Waals surface area contributed by atoms with Crippen molar-refractivity contribution in [3.8, 4) is 5.75 Å². The predicted octanol–water partition coefficient (Wildman–Crippen LogP) is 4.48. The second-order valence-corrected chi connectivity index (χ2v) is 8.72. The van der Waals surface area contributed by atoms with Crippen LogP contribution < -0.4 is 15.0 Å². The highest BCUT2D eigenvalue weighted by molar-refractivity contribution is 6.32. The molecule has 8 heteroatoms. The van der Waals surface area contributed by atoms with Gasteiger partial charge in [-0.3, -0.25) is 9.59 Å². The molecule has 0 unspecified atom stereocenters. The maximum atomic E-state index is 13.2. The molecule has 6 nitrogen and oxygen atoms in total. The van der Waals surface area contributed by atoms with E-state index in [1.54, 1.807) is 35.2 Å². The van der Waals surface area contributed by atoms with Gasteiger partial charge in [0.2, 0.25) is 11.8 Å². The molecule has 2 aliphatic rings. The molecule has 0 aliphatic carbocycles. The van der Waals surface area contributed by atoms with Gasteiger partial charge in [-0.25, -0.2) is 4.39 Å². The number of hydrogen-bond acceptors (Lipinski definition) is 4. The predicted molar refractivity (Wildman–Crippen MR) is 123 cm³/mol. The lowest BCUT2D eigenvalue weighted by Crippen LogP contribution is -2.49. The van der Waals surface area contributed by atoms with Crippen LogP contribution in [0.5, 0.6) is 5.75 Å². The summed E-state index contributed by atoms with van der Waals surface area (Å²) in [6.45, 7) is 3.60. The van der Waals surface area contributed by atoms with Gasteiger partial charge in [0.1, 0.15) is 23.7 Å².